The largest absolute Gasteiger partial charge is 0.332 e. The number of halogens is 1. The highest BCUT2D eigenvalue weighted by molar-refractivity contribution is 9.10. The Morgan fingerprint density at radius 2 is 2.06 bits per heavy atom. The quantitative estimate of drug-likeness (QED) is 0.920. The Bertz CT molecular complexity index is 394. The van der Waals surface area contributed by atoms with Crippen LogP contribution in [-0.4, -0.2) is 47.2 Å². The van der Waals surface area contributed by atoms with E-state index in [9.17, 15) is 0 Å². The monoisotopic (exact) mass is 312 g/mol. The predicted octanol–water partition coefficient (Wildman–Crippen LogP) is 1.82. The van der Waals surface area contributed by atoms with E-state index in [0.29, 0.717) is 5.92 Å². The van der Waals surface area contributed by atoms with E-state index >= 15 is 0 Å². The highest BCUT2D eigenvalue weighted by Crippen LogP contribution is 2.26. The Morgan fingerprint density at radius 1 is 1.28 bits per heavy atom. The lowest BCUT2D eigenvalue weighted by Crippen LogP contribution is -2.39. The van der Waals surface area contributed by atoms with Gasteiger partial charge in [-0.15, -0.1) is 0 Å². The number of hydrogen-bond donors (Lipinski definition) is 1. The van der Waals surface area contributed by atoms with Crippen molar-refractivity contribution in [2.75, 3.05) is 32.7 Å². The maximum atomic E-state index is 4.69. The van der Waals surface area contributed by atoms with Crippen molar-refractivity contribution in [2.24, 2.45) is 0 Å². The van der Waals surface area contributed by atoms with Gasteiger partial charge < -0.3 is 14.8 Å². The number of likely N-dealkylation sites (tertiary alicyclic amines) is 1. The summed E-state index contributed by atoms with van der Waals surface area (Å²) in [5.74, 6) is 1.91. The Balaban J connectivity index is 1.67. The SMILES string of the molecule is Brc1cn(CCN2CCC2)c(C2CCNCC2)n1. The van der Waals surface area contributed by atoms with Crippen LogP contribution in [0.4, 0.5) is 0 Å². The lowest BCUT2D eigenvalue weighted by atomic mass is 9.97. The molecule has 0 atom stereocenters. The van der Waals surface area contributed by atoms with Gasteiger partial charge >= 0.3 is 0 Å². The average Bonchev–Trinajstić information content (AvgIpc) is 2.70. The third kappa shape index (κ3) is 2.78. The van der Waals surface area contributed by atoms with Gasteiger partial charge in [0.1, 0.15) is 10.4 Å². The van der Waals surface area contributed by atoms with Crippen molar-refractivity contribution in [3.8, 4) is 0 Å². The number of nitrogens with zero attached hydrogens (tertiary/aromatic N) is 3. The lowest BCUT2D eigenvalue weighted by Gasteiger charge is -2.31. The second-order valence-electron chi connectivity index (χ2n) is 5.33. The summed E-state index contributed by atoms with van der Waals surface area (Å²) in [5.41, 5.74) is 0. The van der Waals surface area contributed by atoms with Crippen LogP contribution in [0.1, 0.15) is 31.0 Å². The molecule has 4 nitrogen and oxygen atoms in total. The molecule has 5 heteroatoms. The minimum atomic E-state index is 0.633. The fraction of sp³-hybridized carbons (Fsp3) is 0.769. The van der Waals surface area contributed by atoms with Crippen molar-refractivity contribution < 1.29 is 0 Å². The molecule has 0 radical (unpaired) electrons. The van der Waals surface area contributed by atoms with Gasteiger partial charge in [-0.25, -0.2) is 4.98 Å². The molecule has 0 spiro atoms. The molecule has 2 saturated heterocycles. The molecule has 2 fully saturated rings. The van der Waals surface area contributed by atoms with Crippen LogP contribution < -0.4 is 5.32 Å². The van der Waals surface area contributed by atoms with Crippen LogP contribution >= 0.6 is 15.9 Å². The maximum absolute atomic E-state index is 4.69. The summed E-state index contributed by atoms with van der Waals surface area (Å²) in [4.78, 5) is 7.20. The molecule has 0 aliphatic carbocycles. The summed E-state index contributed by atoms with van der Waals surface area (Å²) in [6.07, 6.45) is 5.95. The molecule has 2 aliphatic heterocycles. The number of piperidine rings is 1. The molecular formula is C13H21BrN4. The number of nitrogens with one attached hydrogen (secondary N) is 1. The summed E-state index contributed by atoms with van der Waals surface area (Å²) >= 11 is 3.53. The number of hydrogen-bond acceptors (Lipinski definition) is 3. The summed E-state index contributed by atoms with van der Waals surface area (Å²) in [7, 11) is 0. The normalized spacial score (nSPS) is 22.1. The molecule has 0 unspecified atom stereocenters. The number of rotatable bonds is 4. The third-order valence-corrected chi connectivity index (χ3v) is 4.47. The molecule has 2 aliphatic rings. The minimum absolute atomic E-state index is 0.633. The van der Waals surface area contributed by atoms with E-state index in [1.54, 1.807) is 0 Å². The Morgan fingerprint density at radius 3 is 2.72 bits per heavy atom. The van der Waals surface area contributed by atoms with Crippen molar-refractivity contribution >= 4 is 15.9 Å². The first-order chi connectivity index (χ1) is 8.83. The lowest BCUT2D eigenvalue weighted by molar-refractivity contribution is 0.173. The molecule has 1 aromatic heterocycles. The van der Waals surface area contributed by atoms with E-state index in [-0.39, 0.29) is 0 Å². The summed E-state index contributed by atoms with van der Waals surface area (Å²) in [6.45, 7) is 7.05. The van der Waals surface area contributed by atoms with E-state index in [4.69, 9.17) is 0 Å². The van der Waals surface area contributed by atoms with E-state index in [2.05, 4.69) is 41.9 Å². The van der Waals surface area contributed by atoms with Gasteiger partial charge in [0.05, 0.1) is 0 Å². The topological polar surface area (TPSA) is 33.1 Å². The maximum Gasteiger partial charge on any atom is 0.124 e. The van der Waals surface area contributed by atoms with Crippen molar-refractivity contribution in [1.82, 2.24) is 19.8 Å². The van der Waals surface area contributed by atoms with Crippen molar-refractivity contribution in [3.63, 3.8) is 0 Å². The van der Waals surface area contributed by atoms with Crippen molar-refractivity contribution in [1.29, 1.82) is 0 Å². The number of aromatic nitrogens is 2. The van der Waals surface area contributed by atoms with Crippen LogP contribution in [0.25, 0.3) is 0 Å². The van der Waals surface area contributed by atoms with Crippen molar-refractivity contribution in [3.05, 3.63) is 16.6 Å². The first kappa shape index (κ1) is 12.6. The van der Waals surface area contributed by atoms with Gasteiger partial charge in [0.25, 0.3) is 0 Å². The molecule has 0 saturated carbocycles. The predicted molar refractivity (Wildman–Crippen MR) is 75.8 cm³/mol. The van der Waals surface area contributed by atoms with E-state index in [1.165, 1.54) is 44.7 Å². The summed E-state index contributed by atoms with van der Waals surface area (Å²) in [5, 5.41) is 3.42. The second kappa shape index (κ2) is 5.72. The molecule has 100 valence electrons. The molecule has 0 bridgehead atoms. The molecular weight excluding hydrogens is 292 g/mol. The van der Waals surface area contributed by atoms with E-state index in [1.807, 2.05) is 0 Å². The zero-order valence-corrected chi connectivity index (χ0v) is 12.3. The van der Waals surface area contributed by atoms with E-state index < -0.39 is 0 Å². The molecule has 0 aromatic carbocycles. The van der Waals surface area contributed by atoms with Gasteiger partial charge in [-0.1, -0.05) is 0 Å². The van der Waals surface area contributed by atoms with Gasteiger partial charge in [0.15, 0.2) is 0 Å². The summed E-state index contributed by atoms with van der Waals surface area (Å²) < 4.78 is 3.35. The van der Waals surface area contributed by atoms with Gasteiger partial charge in [0, 0.05) is 25.2 Å². The fourth-order valence-electron chi connectivity index (χ4n) is 2.84. The van der Waals surface area contributed by atoms with Crippen LogP contribution in [-0.2, 0) is 6.54 Å². The molecule has 18 heavy (non-hydrogen) atoms. The fourth-order valence-corrected chi connectivity index (χ4v) is 3.27. The average molecular weight is 313 g/mol. The first-order valence-electron chi connectivity index (χ1n) is 6.98. The molecule has 3 rings (SSSR count). The first-order valence-corrected chi connectivity index (χ1v) is 7.78. The smallest absolute Gasteiger partial charge is 0.124 e. The highest BCUT2D eigenvalue weighted by Gasteiger charge is 2.21. The molecule has 0 amide bonds. The molecule has 1 N–H and O–H groups in total. The Labute approximate surface area is 117 Å². The standard InChI is InChI=1S/C13H21BrN4/c14-12-10-18(9-8-17-6-1-7-17)13(16-12)11-2-4-15-5-3-11/h10-11,15H,1-9H2. The second-order valence-corrected chi connectivity index (χ2v) is 6.15. The molecule has 1 aromatic rings. The number of imidazole rings is 1. The zero-order chi connectivity index (χ0) is 12.4. The van der Waals surface area contributed by atoms with Crippen LogP contribution in [0.2, 0.25) is 0 Å². The van der Waals surface area contributed by atoms with Crippen LogP contribution in [0, 0.1) is 0 Å². The van der Waals surface area contributed by atoms with Crippen LogP contribution in [0.3, 0.4) is 0 Å². The van der Waals surface area contributed by atoms with E-state index in [0.717, 1.165) is 24.2 Å². The van der Waals surface area contributed by atoms with Gasteiger partial charge in [-0.2, -0.15) is 0 Å². The van der Waals surface area contributed by atoms with Crippen LogP contribution in [0.15, 0.2) is 10.8 Å². The Kier molecular flexibility index (Phi) is 4.01. The minimum Gasteiger partial charge on any atom is -0.332 e. The van der Waals surface area contributed by atoms with Crippen molar-refractivity contribution in [2.45, 2.75) is 31.7 Å². The van der Waals surface area contributed by atoms with Gasteiger partial charge in [-0.3, -0.25) is 0 Å². The van der Waals surface area contributed by atoms with Crippen LogP contribution in [0.5, 0.6) is 0 Å². The van der Waals surface area contributed by atoms with Gasteiger partial charge in [0.2, 0.25) is 0 Å². The third-order valence-electron chi connectivity index (χ3n) is 4.09. The Hall–Kier alpha value is -0.390. The zero-order valence-electron chi connectivity index (χ0n) is 10.7. The summed E-state index contributed by atoms with van der Waals surface area (Å²) in [6, 6.07) is 0. The molecule has 3 heterocycles. The highest BCUT2D eigenvalue weighted by atomic mass is 79.9. The van der Waals surface area contributed by atoms with Gasteiger partial charge in [-0.05, 0) is 61.4 Å².